The van der Waals surface area contributed by atoms with Crippen molar-refractivity contribution >= 4 is 25.7 Å². The fourth-order valence-electron chi connectivity index (χ4n) is 4.10. The van der Waals surface area contributed by atoms with Crippen LogP contribution >= 0.6 is 0 Å². The fourth-order valence-corrected chi connectivity index (χ4v) is 18.0. The molecule has 0 radical (unpaired) electrons. The van der Waals surface area contributed by atoms with Gasteiger partial charge >= 0.3 is 25.7 Å². The molecule has 194 valence electrons. The van der Waals surface area contributed by atoms with E-state index in [9.17, 15) is 0 Å². The van der Waals surface area contributed by atoms with Gasteiger partial charge in [-0.05, 0) is 133 Å². The van der Waals surface area contributed by atoms with Crippen molar-refractivity contribution in [1.29, 1.82) is 0 Å². The van der Waals surface area contributed by atoms with Crippen LogP contribution in [0.3, 0.4) is 0 Å². The molecule has 2 unspecified atom stereocenters. The predicted molar refractivity (Wildman–Crippen MR) is 144 cm³/mol. The summed E-state index contributed by atoms with van der Waals surface area (Å²) in [5, 5.41) is 0. The molecule has 0 amide bonds. The maximum Gasteiger partial charge on any atom is 0.326 e. The molecule has 0 aromatic carbocycles. The van der Waals surface area contributed by atoms with Crippen LogP contribution in [0.25, 0.3) is 0 Å². The molecular formula is C22H55N3O4Si3. The number of rotatable bonds is 20. The zero-order valence-electron chi connectivity index (χ0n) is 23.3. The van der Waals surface area contributed by atoms with Crippen molar-refractivity contribution in [3.63, 3.8) is 0 Å². The van der Waals surface area contributed by atoms with Crippen LogP contribution in [-0.2, 0) is 17.1 Å². The van der Waals surface area contributed by atoms with Crippen molar-refractivity contribution in [2.24, 2.45) is 0 Å². The minimum absolute atomic E-state index is 0.690. The highest BCUT2D eigenvalue weighted by atomic mass is 28.5. The lowest BCUT2D eigenvalue weighted by molar-refractivity contribution is 0.201. The Bertz CT molecular complexity index is 457. The van der Waals surface area contributed by atoms with Gasteiger partial charge in [0.25, 0.3) is 0 Å². The number of hydrogen-bond acceptors (Lipinski definition) is 7. The summed E-state index contributed by atoms with van der Waals surface area (Å²) in [6.45, 7) is 15.4. The van der Waals surface area contributed by atoms with E-state index >= 15 is 0 Å². The highest BCUT2D eigenvalue weighted by Crippen LogP contribution is 2.31. The summed E-state index contributed by atoms with van der Waals surface area (Å²) < 4.78 is 26.7. The second-order valence-electron chi connectivity index (χ2n) is 10.2. The lowest BCUT2D eigenvalue weighted by Crippen LogP contribution is -2.58. The Morgan fingerprint density at radius 2 is 0.781 bits per heavy atom. The third kappa shape index (κ3) is 15.3. The van der Waals surface area contributed by atoms with Gasteiger partial charge in [-0.2, -0.15) is 0 Å². The molecule has 0 aromatic heterocycles. The van der Waals surface area contributed by atoms with E-state index < -0.39 is 25.7 Å². The molecule has 0 bridgehead atoms. The van der Waals surface area contributed by atoms with E-state index in [1.54, 1.807) is 0 Å². The van der Waals surface area contributed by atoms with Gasteiger partial charge in [0, 0.05) is 13.2 Å². The van der Waals surface area contributed by atoms with Crippen LogP contribution < -0.4 is 0 Å². The Balaban J connectivity index is 5.59. The molecule has 7 nitrogen and oxygen atoms in total. The van der Waals surface area contributed by atoms with Crippen molar-refractivity contribution < 1.29 is 17.1 Å². The summed E-state index contributed by atoms with van der Waals surface area (Å²) in [6, 6.07) is 2.95. The molecule has 0 aliphatic carbocycles. The van der Waals surface area contributed by atoms with Crippen LogP contribution in [0.15, 0.2) is 0 Å². The largest absolute Gasteiger partial charge is 0.415 e. The van der Waals surface area contributed by atoms with Crippen molar-refractivity contribution in [3.05, 3.63) is 0 Å². The van der Waals surface area contributed by atoms with E-state index in [4.69, 9.17) is 17.1 Å². The van der Waals surface area contributed by atoms with Crippen LogP contribution in [0, 0.1) is 0 Å². The second kappa shape index (κ2) is 16.1. The van der Waals surface area contributed by atoms with Gasteiger partial charge in [-0.25, -0.2) is 0 Å². The van der Waals surface area contributed by atoms with Gasteiger partial charge in [0.2, 0.25) is 0 Å². The molecule has 0 saturated heterocycles. The SMILES string of the molecule is CCO[Si](C)(CCCN(C)C)O[Si](C)(CCCN(C)C)O[Si](C)(CCCN(C)C)OCC. The fraction of sp³-hybridized carbons (Fsp3) is 1.00. The molecule has 0 aromatic rings. The zero-order valence-corrected chi connectivity index (χ0v) is 26.3. The van der Waals surface area contributed by atoms with Gasteiger partial charge in [0.1, 0.15) is 0 Å². The summed E-state index contributed by atoms with van der Waals surface area (Å²) in [6.07, 6.45) is 3.24. The second-order valence-corrected chi connectivity index (χ2v) is 20.7. The van der Waals surface area contributed by atoms with Crippen LogP contribution in [0.4, 0.5) is 0 Å². The van der Waals surface area contributed by atoms with Gasteiger partial charge in [0.15, 0.2) is 0 Å². The van der Waals surface area contributed by atoms with Gasteiger partial charge < -0.3 is 31.8 Å². The van der Waals surface area contributed by atoms with Crippen LogP contribution in [0.1, 0.15) is 33.1 Å². The minimum Gasteiger partial charge on any atom is -0.415 e. The highest BCUT2D eigenvalue weighted by Gasteiger charge is 2.47. The van der Waals surface area contributed by atoms with E-state index in [0.29, 0.717) is 13.2 Å². The van der Waals surface area contributed by atoms with Crippen LogP contribution in [0.5, 0.6) is 0 Å². The molecule has 0 heterocycles. The molecule has 0 aliphatic heterocycles. The zero-order chi connectivity index (χ0) is 24.8. The van der Waals surface area contributed by atoms with Crippen LogP contribution in [-0.4, -0.2) is 116 Å². The summed E-state index contributed by atoms with van der Waals surface area (Å²) in [4.78, 5) is 6.70. The average molecular weight is 510 g/mol. The standard InChI is InChI=1S/C22H55N3O4Si3/c1-12-26-30(9,20-14-17-23(3)4)28-32(11,22-16-19-25(7)8)29-31(10,27-13-2)21-15-18-24(5)6/h12-22H2,1-11H3. The van der Waals surface area contributed by atoms with E-state index in [1.165, 1.54) is 0 Å². The van der Waals surface area contributed by atoms with E-state index in [0.717, 1.165) is 57.0 Å². The van der Waals surface area contributed by atoms with Crippen molar-refractivity contribution in [2.45, 2.75) is 70.9 Å². The minimum atomic E-state index is -2.50. The highest BCUT2D eigenvalue weighted by molar-refractivity contribution is 6.85. The van der Waals surface area contributed by atoms with Crippen molar-refractivity contribution in [3.8, 4) is 0 Å². The maximum atomic E-state index is 7.04. The van der Waals surface area contributed by atoms with Gasteiger partial charge in [-0.3, -0.25) is 0 Å². The third-order valence-electron chi connectivity index (χ3n) is 5.47. The quantitative estimate of drug-likeness (QED) is 0.228. The van der Waals surface area contributed by atoms with E-state index in [-0.39, 0.29) is 0 Å². The first-order valence-corrected chi connectivity index (χ1v) is 20.0. The van der Waals surface area contributed by atoms with E-state index in [1.807, 2.05) is 0 Å². The Hall–Kier alpha value is 0.371. The molecule has 10 heteroatoms. The lowest BCUT2D eigenvalue weighted by Gasteiger charge is -2.42. The Morgan fingerprint density at radius 3 is 1.03 bits per heavy atom. The number of hydrogen-bond donors (Lipinski definition) is 0. The van der Waals surface area contributed by atoms with Crippen molar-refractivity contribution in [1.82, 2.24) is 14.7 Å². The van der Waals surface area contributed by atoms with E-state index in [2.05, 4.69) is 90.5 Å². The first-order valence-electron chi connectivity index (χ1n) is 12.4. The summed E-state index contributed by atoms with van der Waals surface area (Å²) >= 11 is 0. The molecule has 0 fully saturated rings. The lowest BCUT2D eigenvalue weighted by atomic mass is 10.5. The molecular weight excluding hydrogens is 455 g/mol. The monoisotopic (exact) mass is 509 g/mol. The molecule has 0 N–H and O–H groups in total. The summed E-state index contributed by atoms with van der Waals surface area (Å²) in [7, 11) is 5.55. The summed E-state index contributed by atoms with van der Waals surface area (Å²) in [5.41, 5.74) is 0. The third-order valence-corrected chi connectivity index (χ3v) is 18.0. The summed E-state index contributed by atoms with van der Waals surface area (Å²) in [5.74, 6) is 0. The molecule has 0 spiro atoms. The first kappa shape index (κ1) is 32.4. The number of nitrogens with zero attached hydrogens (tertiary/aromatic N) is 3. The molecule has 32 heavy (non-hydrogen) atoms. The smallest absolute Gasteiger partial charge is 0.326 e. The molecule has 0 rings (SSSR count). The van der Waals surface area contributed by atoms with Gasteiger partial charge in [0.05, 0.1) is 0 Å². The van der Waals surface area contributed by atoms with Gasteiger partial charge in [-0.1, -0.05) is 0 Å². The Morgan fingerprint density at radius 1 is 0.500 bits per heavy atom. The van der Waals surface area contributed by atoms with Crippen molar-refractivity contribution in [2.75, 3.05) is 75.1 Å². The normalized spacial score (nSPS) is 18.2. The Kier molecular flexibility index (Phi) is 16.3. The van der Waals surface area contributed by atoms with Crippen LogP contribution in [0.2, 0.25) is 37.8 Å². The molecule has 2 atom stereocenters. The molecule has 0 aliphatic rings. The molecule has 0 saturated carbocycles. The maximum absolute atomic E-state index is 7.04. The predicted octanol–water partition coefficient (Wildman–Crippen LogP) is 4.16. The topological polar surface area (TPSA) is 46.6 Å². The first-order chi connectivity index (χ1) is 14.8. The average Bonchev–Trinajstić information content (AvgIpc) is 2.60. The Labute approximate surface area is 203 Å². The van der Waals surface area contributed by atoms with Gasteiger partial charge in [-0.15, -0.1) is 0 Å².